The van der Waals surface area contributed by atoms with E-state index in [1.165, 1.54) is 23.8 Å². The number of hydrogen-bond acceptors (Lipinski definition) is 7. The van der Waals surface area contributed by atoms with Crippen molar-refractivity contribution in [3.63, 3.8) is 0 Å². The predicted molar refractivity (Wildman–Crippen MR) is 102 cm³/mol. The van der Waals surface area contributed by atoms with Crippen LogP contribution in [-0.2, 0) is 16.0 Å². The molecule has 0 radical (unpaired) electrons. The highest BCUT2D eigenvalue weighted by Gasteiger charge is 2.22. The van der Waals surface area contributed by atoms with Crippen LogP contribution in [0.25, 0.3) is 10.6 Å². The Kier molecular flexibility index (Phi) is 5.66. The van der Waals surface area contributed by atoms with E-state index in [1.807, 2.05) is 24.3 Å². The molecule has 1 aromatic carbocycles. The smallest absolute Gasteiger partial charge is 0.358 e. The standard InChI is InChI=1S/C19H19N3O4S/c1-4-13-5-7-14(8-6-13)18-20-15(10-27-18)19(24)25-12(3)17(23)21-16-9-11(2)26-22-16/h5-10,12H,4H2,1-3H3,(H,21,22,23)/t12-/m0/s1. The van der Waals surface area contributed by atoms with Gasteiger partial charge in [0.05, 0.1) is 0 Å². The Hall–Kier alpha value is -3.00. The van der Waals surface area contributed by atoms with Crippen LogP contribution in [0.4, 0.5) is 5.82 Å². The monoisotopic (exact) mass is 385 g/mol. The molecule has 0 bridgehead atoms. The van der Waals surface area contributed by atoms with E-state index in [2.05, 4.69) is 22.4 Å². The van der Waals surface area contributed by atoms with Crippen LogP contribution in [-0.4, -0.2) is 28.1 Å². The Labute approximate surface area is 160 Å². The molecule has 27 heavy (non-hydrogen) atoms. The Morgan fingerprint density at radius 3 is 2.67 bits per heavy atom. The van der Waals surface area contributed by atoms with Crippen molar-refractivity contribution in [1.82, 2.24) is 10.1 Å². The largest absolute Gasteiger partial charge is 0.448 e. The normalized spacial score (nSPS) is 11.8. The number of hydrogen-bond donors (Lipinski definition) is 1. The van der Waals surface area contributed by atoms with Gasteiger partial charge in [-0.05, 0) is 25.8 Å². The van der Waals surface area contributed by atoms with Crippen LogP contribution in [0.15, 0.2) is 40.2 Å². The summed E-state index contributed by atoms with van der Waals surface area (Å²) >= 11 is 1.35. The van der Waals surface area contributed by atoms with E-state index in [-0.39, 0.29) is 11.5 Å². The molecule has 2 aromatic heterocycles. The topological polar surface area (TPSA) is 94.3 Å². The van der Waals surface area contributed by atoms with Gasteiger partial charge in [0.1, 0.15) is 10.8 Å². The third kappa shape index (κ3) is 4.59. The number of rotatable bonds is 6. The van der Waals surface area contributed by atoms with E-state index in [4.69, 9.17) is 9.26 Å². The molecule has 0 saturated carbocycles. The summed E-state index contributed by atoms with van der Waals surface area (Å²) in [5.74, 6) is -0.312. The Balaban J connectivity index is 1.62. The Morgan fingerprint density at radius 2 is 2.04 bits per heavy atom. The fraction of sp³-hybridized carbons (Fsp3) is 0.263. The molecule has 0 aliphatic rings. The molecule has 7 nitrogen and oxygen atoms in total. The van der Waals surface area contributed by atoms with Crippen molar-refractivity contribution in [2.45, 2.75) is 33.3 Å². The van der Waals surface area contributed by atoms with E-state index in [9.17, 15) is 9.59 Å². The highest BCUT2D eigenvalue weighted by atomic mass is 32.1. The van der Waals surface area contributed by atoms with Crippen molar-refractivity contribution in [3.8, 4) is 10.6 Å². The maximum atomic E-state index is 12.3. The van der Waals surface area contributed by atoms with E-state index < -0.39 is 18.0 Å². The summed E-state index contributed by atoms with van der Waals surface area (Å²) in [7, 11) is 0. The lowest BCUT2D eigenvalue weighted by Gasteiger charge is -2.11. The number of nitrogens with zero attached hydrogens (tertiary/aromatic N) is 2. The van der Waals surface area contributed by atoms with E-state index >= 15 is 0 Å². The minimum atomic E-state index is -0.997. The van der Waals surface area contributed by atoms with Gasteiger partial charge in [0.15, 0.2) is 17.6 Å². The highest BCUT2D eigenvalue weighted by molar-refractivity contribution is 7.13. The summed E-state index contributed by atoms with van der Waals surface area (Å²) in [4.78, 5) is 28.7. The van der Waals surface area contributed by atoms with Gasteiger partial charge in [-0.15, -0.1) is 11.3 Å². The van der Waals surface area contributed by atoms with Gasteiger partial charge < -0.3 is 14.6 Å². The number of ether oxygens (including phenoxy) is 1. The number of thiazole rings is 1. The SMILES string of the molecule is CCc1ccc(-c2nc(C(=O)O[C@@H](C)C(=O)Nc3cc(C)on3)cs2)cc1. The average molecular weight is 385 g/mol. The lowest BCUT2D eigenvalue weighted by atomic mass is 10.1. The third-order valence-corrected chi connectivity index (χ3v) is 4.75. The molecule has 0 aliphatic carbocycles. The molecule has 1 amide bonds. The first-order valence-electron chi connectivity index (χ1n) is 8.46. The van der Waals surface area contributed by atoms with Crippen molar-refractivity contribution in [3.05, 3.63) is 52.7 Å². The fourth-order valence-corrected chi connectivity index (χ4v) is 3.11. The number of aromatic nitrogens is 2. The molecular weight excluding hydrogens is 366 g/mol. The van der Waals surface area contributed by atoms with Gasteiger partial charge in [-0.1, -0.05) is 36.3 Å². The van der Waals surface area contributed by atoms with Crippen LogP contribution in [0.2, 0.25) is 0 Å². The van der Waals surface area contributed by atoms with Crippen LogP contribution in [0.1, 0.15) is 35.7 Å². The first-order valence-corrected chi connectivity index (χ1v) is 9.34. The van der Waals surface area contributed by atoms with Crippen molar-refractivity contribution in [2.75, 3.05) is 5.32 Å². The molecule has 0 saturated heterocycles. The molecule has 1 N–H and O–H groups in total. The van der Waals surface area contributed by atoms with Gasteiger partial charge in [-0.25, -0.2) is 9.78 Å². The maximum absolute atomic E-state index is 12.3. The lowest BCUT2D eigenvalue weighted by Crippen LogP contribution is -2.30. The molecule has 0 spiro atoms. The van der Waals surface area contributed by atoms with Crippen molar-refractivity contribution >= 4 is 29.0 Å². The second-order valence-corrected chi connectivity index (χ2v) is 6.81. The Morgan fingerprint density at radius 1 is 1.30 bits per heavy atom. The first kappa shape index (κ1) is 18.8. The van der Waals surface area contributed by atoms with Crippen LogP contribution >= 0.6 is 11.3 Å². The van der Waals surface area contributed by atoms with Crippen LogP contribution < -0.4 is 5.32 Å². The summed E-state index contributed by atoms with van der Waals surface area (Å²) < 4.78 is 10.1. The summed E-state index contributed by atoms with van der Waals surface area (Å²) in [6.45, 7) is 5.28. The number of anilines is 1. The van der Waals surface area contributed by atoms with Gasteiger partial charge in [0, 0.05) is 17.0 Å². The van der Waals surface area contributed by atoms with Gasteiger partial charge in [-0.2, -0.15) is 0 Å². The van der Waals surface area contributed by atoms with Gasteiger partial charge in [0.2, 0.25) is 0 Å². The van der Waals surface area contributed by atoms with E-state index in [0.717, 1.165) is 17.0 Å². The molecule has 0 aliphatic heterocycles. The minimum absolute atomic E-state index is 0.173. The molecule has 140 valence electrons. The van der Waals surface area contributed by atoms with Crippen molar-refractivity contribution < 1.29 is 18.8 Å². The van der Waals surface area contributed by atoms with Gasteiger partial charge in [0.25, 0.3) is 5.91 Å². The molecular formula is C19H19N3O4S. The minimum Gasteiger partial charge on any atom is -0.448 e. The van der Waals surface area contributed by atoms with Gasteiger partial charge >= 0.3 is 5.97 Å². The molecule has 0 unspecified atom stereocenters. The zero-order valence-corrected chi connectivity index (χ0v) is 16.0. The predicted octanol–water partition coefficient (Wildman–Crippen LogP) is 3.85. The number of esters is 1. The Bertz CT molecular complexity index is 946. The lowest BCUT2D eigenvalue weighted by molar-refractivity contribution is -0.123. The number of carbonyl (C=O) groups excluding carboxylic acids is 2. The highest BCUT2D eigenvalue weighted by Crippen LogP contribution is 2.24. The molecule has 8 heteroatoms. The molecule has 3 aromatic rings. The van der Waals surface area contributed by atoms with Crippen LogP contribution in [0.5, 0.6) is 0 Å². The second-order valence-electron chi connectivity index (χ2n) is 5.95. The number of aryl methyl sites for hydroxylation is 2. The number of amides is 1. The maximum Gasteiger partial charge on any atom is 0.358 e. The van der Waals surface area contributed by atoms with Crippen molar-refractivity contribution in [1.29, 1.82) is 0 Å². The number of benzene rings is 1. The average Bonchev–Trinajstić information content (AvgIpc) is 3.31. The zero-order valence-electron chi connectivity index (χ0n) is 15.2. The molecule has 2 heterocycles. The number of carbonyl (C=O) groups is 2. The van der Waals surface area contributed by atoms with E-state index in [1.54, 1.807) is 18.4 Å². The summed E-state index contributed by atoms with van der Waals surface area (Å²) in [6, 6.07) is 9.59. The third-order valence-electron chi connectivity index (χ3n) is 3.85. The van der Waals surface area contributed by atoms with Crippen LogP contribution in [0, 0.1) is 6.92 Å². The quantitative estimate of drug-likeness (QED) is 0.648. The summed E-state index contributed by atoms with van der Waals surface area (Å²) in [5, 5.41) is 8.53. The first-order chi connectivity index (χ1) is 13.0. The molecule has 3 rings (SSSR count). The van der Waals surface area contributed by atoms with E-state index in [0.29, 0.717) is 5.76 Å². The summed E-state index contributed by atoms with van der Waals surface area (Å²) in [6.07, 6.45) is -0.0349. The molecule has 0 fully saturated rings. The number of nitrogens with one attached hydrogen (secondary N) is 1. The van der Waals surface area contributed by atoms with Gasteiger partial charge in [-0.3, -0.25) is 4.79 Å². The van der Waals surface area contributed by atoms with Crippen LogP contribution in [0.3, 0.4) is 0 Å². The summed E-state index contributed by atoms with van der Waals surface area (Å²) in [5.41, 5.74) is 2.34. The zero-order chi connectivity index (χ0) is 19.4. The van der Waals surface area contributed by atoms with Crippen molar-refractivity contribution in [2.24, 2.45) is 0 Å². The fourth-order valence-electron chi connectivity index (χ4n) is 2.31. The second kappa shape index (κ2) is 8.13. The molecule has 1 atom stereocenters.